The Morgan fingerprint density at radius 1 is 1.31 bits per heavy atom. The lowest BCUT2D eigenvalue weighted by atomic mass is 10.2. The van der Waals surface area contributed by atoms with Crippen molar-refractivity contribution in [3.05, 3.63) is 0 Å². The lowest BCUT2D eigenvalue weighted by molar-refractivity contribution is 0.241. The molecule has 0 aliphatic carbocycles. The Kier molecular flexibility index (Phi) is 7.06. The van der Waals surface area contributed by atoms with E-state index in [4.69, 9.17) is 0 Å². The molecule has 0 radical (unpaired) electrons. The lowest BCUT2D eigenvalue weighted by Gasteiger charge is -2.25. The smallest absolute Gasteiger partial charge is 0.0221 e. The third kappa shape index (κ3) is 5.31. The van der Waals surface area contributed by atoms with E-state index < -0.39 is 0 Å². The Morgan fingerprint density at radius 2 is 2.12 bits per heavy atom. The zero-order valence-corrected chi connectivity index (χ0v) is 11.5. The first-order valence-electron chi connectivity index (χ1n) is 7.18. The average Bonchev–Trinajstić information content (AvgIpc) is 2.66. The summed E-state index contributed by atoms with van der Waals surface area (Å²) < 4.78 is 0. The first-order chi connectivity index (χ1) is 7.74. The van der Waals surface area contributed by atoms with Gasteiger partial charge < -0.3 is 5.32 Å². The maximum absolute atomic E-state index is 3.61. The molecule has 1 unspecified atom stereocenters. The van der Waals surface area contributed by atoms with Gasteiger partial charge in [0.15, 0.2) is 0 Å². The van der Waals surface area contributed by atoms with E-state index in [1.807, 2.05) is 0 Å². The normalized spacial score (nSPS) is 22.1. The predicted molar refractivity (Wildman–Crippen MR) is 71.8 cm³/mol. The fourth-order valence-corrected chi connectivity index (χ4v) is 2.52. The van der Waals surface area contributed by atoms with Crippen molar-refractivity contribution in [2.45, 2.75) is 58.9 Å². The third-order valence-corrected chi connectivity index (χ3v) is 3.48. The molecule has 0 aromatic heterocycles. The zero-order chi connectivity index (χ0) is 11.8. The molecule has 0 amide bonds. The van der Waals surface area contributed by atoms with Crippen LogP contribution in [-0.4, -0.2) is 37.1 Å². The molecule has 1 heterocycles. The molecule has 0 aromatic rings. The highest BCUT2D eigenvalue weighted by Gasteiger charge is 2.23. The van der Waals surface area contributed by atoms with Crippen LogP contribution in [0.25, 0.3) is 0 Å². The Morgan fingerprint density at radius 3 is 2.81 bits per heavy atom. The summed E-state index contributed by atoms with van der Waals surface area (Å²) in [6, 6.07) is 0.815. The van der Waals surface area contributed by atoms with Gasteiger partial charge in [-0.2, -0.15) is 0 Å². The number of nitrogens with zero attached hydrogens (tertiary/aromatic N) is 1. The van der Waals surface area contributed by atoms with Gasteiger partial charge in [0.2, 0.25) is 0 Å². The van der Waals surface area contributed by atoms with Crippen molar-refractivity contribution in [2.24, 2.45) is 5.92 Å². The van der Waals surface area contributed by atoms with Crippen LogP contribution in [0.5, 0.6) is 0 Å². The minimum Gasteiger partial charge on any atom is -0.315 e. The maximum Gasteiger partial charge on any atom is 0.0221 e. The van der Waals surface area contributed by atoms with Gasteiger partial charge in [-0.25, -0.2) is 0 Å². The molecule has 1 rings (SSSR count). The molecule has 2 nitrogen and oxygen atoms in total. The fraction of sp³-hybridized carbons (Fsp3) is 1.00. The minimum absolute atomic E-state index is 0.773. The number of rotatable bonds is 8. The summed E-state index contributed by atoms with van der Waals surface area (Å²) in [6.07, 6.45) is 6.92. The van der Waals surface area contributed by atoms with Gasteiger partial charge in [-0.05, 0) is 44.8 Å². The van der Waals surface area contributed by atoms with Crippen molar-refractivity contribution < 1.29 is 0 Å². The summed E-state index contributed by atoms with van der Waals surface area (Å²) >= 11 is 0. The molecular formula is C14H30N2. The standard InChI is InChI=1S/C14H30N2/c1-4-5-6-9-16-10-7-8-14(16)12-15-11-13(2)3/h13-15H,4-12H2,1-3H3. The highest BCUT2D eigenvalue weighted by molar-refractivity contribution is 4.80. The van der Waals surface area contributed by atoms with Crippen LogP contribution in [0, 0.1) is 5.92 Å². The van der Waals surface area contributed by atoms with Crippen molar-refractivity contribution in [1.29, 1.82) is 0 Å². The Labute approximate surface area is 102 Å². The van der Waals surface area contributed by atoms with Crippen LogP contribution in [-0.2, 0) is 0 Å². The second kappa shape index (κ2) is 8.08. The lowest BCUT2D eigenvalue weighted by Crippen LogP contribution is -2.39. The average molecular weight is 226 g/mol. The Bertz CT molecular complexity index is 168. The summed E-state index contributed by atoms with van der Waals surface area (Å²) in [4.78, 5) is 2.70. The molecule has 1 N–H and O–H groups in total. The summed E-state index contributed by atoms with van der Waals surface area (Å²) in [7, 11) is 0. The van der Waals surface area contributed by atoms with Gasteiger partial charge in [-0.3, -0.25) is 4.90 Å². The molecule has 1 aliphatic heterocycles. The van der Waals surface area contributed by atoms with Crippen LogP contribution in [0.2, 0.25) is 0 Å². The number of unbranched alkanes of at least 4 members (excludes halogenated alkanes) is 2. The first-order valence-corrected chi connectivity index (χ1v) is 7.18. The molecule has 16 heavy (non-hydrogen) atoms. The molecule has 2 heteroatoms. The van der Waals surface area contributed by atoms with Gasteiger partial charge in [-0.1, -0.05) is 33.6 Å². The second-order valence-corrected chi connectivity index (χ2v) is 5.59. The number of hydrogen-bond acceptors (Lipinski definition) is 2. The molecule has 1 fully saturated rings. The quantitative estimate of drug-likeness (QED) is 0.640. The van der Waals surface area contributed by atoms with E-state index in [-0.39, 0.29) is 0 Å². The highest BCUT2D eigenvalue weighted by atomic mass is 15.2. The first kappa shape index (κ1) is 14.0. The van der Waals surface area contributed by atoms with Gasteiger partial charge in [0.1, 0.15) is 0 Å². The van der Waals surface area contributed by atoms with E-state index in [1.165, 1.54) is 58.3 Å². The van der Waals surface area contributed by atoms with Gasteiger partial charge in [-0.15, -0.1) is 0 Å². The molecule has 1 atom stereocenters. The number of hydrogen-bond donors (Lipinski definition) is 1. The Balaban J connectivity index is 2.13. The second-order valence-electron chi connectivity index (χ2n) is 5.59. The van der Waals surface area contributed by atoms with Crippen LogP contribution in [0.4, 0.5) is 0 Å². The van der Waals surface area contributed by atoms with Crippen LogP contribution in [0.1, 0.15) is 52.9 Å². The number of nitrogens with one attached hydrogen (secondary N) is 1. The van der Waals surface area contributed by atoms with Crippen LogP contribution in [0.3, 0.4) is 0 Å². The van der Waals surface area contributed by atoms with E-state index in [0.29, 0.717) is 0 Å². The molecule has 0 spiro atoms. The van der Waals surface area contributed by atoms with Crippen molar-refractivity contribution in [2.75, 3.05) is 26.2 Å². The molecule has 0 aromatic carbocycles. The van der Waals surface area contributed by atoms with Gasteiger partial charge in [0.25, 0.3) is 0 Å². The predicted octanol–water partition coefficient (Wildman–Crippen LogP) is 2.89. The summed E-state index contributed by atoms with van der Waals surface area (Å²) in [6.45, 7) is 11.9. The van der Waals surface area contributed by atoms with Gasteiger partial charge in [0.05, 0.1) is 0 Å². The maximum atomic E-state index is 3.61. The summed E-state index contributed by atoms with van der Waals surface area (Å²) in [5.74, 6) is 0.773. The van der Waals surface area contributed by atoms with E-state index in [1.54, 1.807) is 0 Å². The van der Waals surface area contributed by atoms with Gasteiger partial charge in [0, 0.05) is 12.6 Å². The summed E-state index contributed by atoms with van der Waals surface area (Å²) in [5.41, 5.74) is 0. The van der Waals surface area contributed by atoms with Crippen LogP contribution >= 0.6 is 0 Å². The van der Waals surface area contributed by atoms with Gasteiger partial charge >= 0.3 is 0 Å². The molecular weight excluding hydrogens is 196 g/mol. The third-order valence-electron chi connectivity index (χ3n) is 3.48. The van der Waals surface area contributed by atoms with Crippen molar-refractivity contribution in [1.82, 2.24) is 10.2 Å². The van der Waals surface area contributed by atoms with E-state index in [2.05, 4.69) is 31.0 Å². The van der Waals surface area contributed by atoms with Crippen LogP contribution < -0.4 is 5.32 Å². The Hall–Kier alpha value is -0.0800. The highest BCUT2D eigenvalue weighted by Crippen LogP contribution is 2.17. The van der Waals surface area contributed by atoms with E-state index in [9.17, 15) is 0 Å². The largest absolute Gasteiger partial charge is 0.315 e. The minimum atomic E-state index is 0.773. The number of likely N-dealkylation sites (tertiary alicyclic amines) is 1. The molecule has 1 saturated heterocycles. The fourth-order valence-electron chi connectivity index (χ4n) is 2.52. The monoisotopic (exact) mass is 226 g/mol. The van der Waals surface area contributed by atoms with Crippen LogP contribution in [0.15, 0.2) is 0 Å². The topological polar surface area (TPSA) is 15.3 Å². The zero-order valence-electron chi connectivity index (χ0n) is 11.5. The summed E-state index contributed by atoms with van der Waals surface area (Å²) in [5, 5.41) is 3.61. The SMILES string of the molecule is CCCCCN1CCCC1CNCC(C)C. The van der Waals surface area contributed by atoms with Crippen molar-refractivity contribution in [3.8, 4) is 0 Å². The molecule has 0 saturated carbocycles. The van der Waals surface area contributed by atoms with Crippen molar-refractivity contribution >= 4 is 0 Å². The molecule has 0 bridgehead atoms. The van der Waals surface area contributed by atoms with E-state index >= 15 is 0 Å². The van der Waals surface area contributed by atoms with Crippen molar-refractivity contribution in [3.63, 3.8) is 0 Å². The molecule has 96 valence electrons. The molecule has 1 aliphatic rings. The van der Waals surface area contributed by atoms with E-state index in [0.717, 1.165) is 12.0 Å².